The first kappa shape index (κ1) is 29.9. The highest BCUT2D eigenvalue weighted by atomic mass is 32.2. The lowest BCUT2D eigenvalue weighted by Gasteiger charge is -2.37. The first-order valence-corrected chi connectivity index (χ1v) is 13.7. The SMILES string of the molecule is CC(c1cccc2ccccc12)N1CCC(CN(CC(=O)NCC(=O)NC/C=C(\C#N)C(=O)O)S(=O)O)CC1. The molecule has 2 atom stereocenters. The molecule has 2 aromatic carbocycles. The monoisotopic (exact) mass is 555 g/mol. The van der Waals surface area contributed by atoms with Gasteiger partial charge in [-0.3, -0.25) is 19.0 Å². The van der Waals surface area contributed by atoms with Crippen molar-refractivity contribution in [3.63, 3.8) is 0 Å². The third kappa shape index (κ3) is 8.69. The summed E-state index contributed by atoms with van der Waals surface area (Å²) in [6, 6.07) is 16.4. The van der Waals surface area contributed by atoms with Gasteiger partial charge in [-0.2, -0.15) is 9.57 Å². The minimum Gasteiger partial charge on any atom is -0.477 e. The van der Waals surface area contributed by atoms with Gasteiger partial charge in [0.15, 0.2) is 0 Å². The number of carbonyl (C=O) groups excluding carboxylic acids is 2. The van der Waals surface area contributed by atoms with Gasteiger partial charge in [-0.1, -0.05) is 42.5 Å². The van der Waals surface area contributed by atoms with Gasteiger partial charge in [0.1, 0.15) is 11.6 Å². The van der Waals surface area contributed by atoms with E-state index in [1.165, 1.54) is 26.7 Å². The van der Waals surface area contributed by atoms with E-state index in [0.29, 0.717) is 0 Å². The lowest BCUT2D eigenvalue weighted by atomic mass is 9.93. The van der Waals surface area contributed by atoms with Gasteiger partial charge >= 0.3 is 5.97 Å². The van der Waals surface area contributed by atoms with Gasteiger partial charge in [-0.25, -0.2) is 9.00 Å². The molecule has 0 spiro atoms. The number of aliphatic carboxylic acids is 1. The Labute approximate surface area is 229 Å². The molecule has 0 aromatic heterocycles. The van der Waals surface area contributed by atoms with E-state index in [1.807, 2.05) is 12.1 Å². The predicted molar refractivity (Wildman–Crippen MR) is 146 cm³/mol. The number of amides is 2. The minimum absolute atomic E-state index is 0.142. The average molecular weight is 556 g/mol. The van der Waals surface area contributed by atoms with Crippen LogP contribution in [0.5, 0.6) is 0 Å². The molecule has 4 N–H and O–H groups in total. The van der Waals surface area contributed by atoms with Crippen LogP contribution in [0.2, 0.25) is 0 Å². The Bertz CT molecular complexity index is 1280. The van der Waals surface area contributed by atoms with E-state index in [2.05, 4.69) is 52.8 Å². The van der Waals surface area contributed by atoms with E-state index >= 15 is 0 Å². The van der Waals surface area contributed by atoms with Crippen molar-refractivity contribution in [2.75, 3.05) is 39.3 Å². The Morgan fingerprint density at radius 1 is 1.15 bits per heavy atom. The third-order valence-corrected chi connectivity index (χ3v) is 7.60. The van der Waals surface area contributed by atoms with E-state index in [4.69, 9.17) is 10.4 Å². The number of nitrogens with zero attached hydrogens (tertiary/aromatic N) is 3. The standard InChI is InChI=1S/C27H33N5O6S/c1-19(23-8-4-6-21-5-2-3-7-24(21)23)31-13-10-20(11-14-31)17-32(39(37)38)18-26(34)30-16-25(33)29-12-9-22(15-28)27(35)36/h2-9,19-20H,10-14,16-18H2,1H3,(H,29,33)(H,30,34)(H,35,36)(H,37,38)/b22-9+. The summed E-state index contributed by atoms with van der Waals surface area (Å²) in [6.07, 6.45) is 2.69. The number of rotatable bonds is 12. The number of carboxylic acid groups (broad SMARTS) is 1. The van der Waals surface area contributed by atoms with Gasteiger partial charge in [-0.05, 0) is 61.2 Å². The summed E-state index contributed by atoms with van der Waals surface area (Å²) < 4.78 is 22.8. The summed E-state index contributed by atoms with van der Waals surface area (Å²) in [5, 5.41) is 24.6. The van der Waals surface area contributed by atoms with Crippen LogP contribution in [-0.2, 0) is 25.7 Å². The first-order chi connectivity index (χ1) is 18.7. The number of hydrogen-bond acceptors (Lipinski definition) is 6. The maximum Gasteiger partial charge on any atom is 0.346 e. The zero-order valence-electron chi connectivity index (χ0n) is 21.7. The Kier molecular flexibility index (Phi) is 11.1. The van der Waals surface area contributed by atoms with Crippen molar-refractivity contribution in [3.8, 4) is 6.07 Å². The van der Waals surface area contributed by atoms with Crippen molar-refractivity contribution < 1.29 is 28.3 Å². The second-order valence-corrected chi connectivity index (χ2v) is 10.4. The van der Waals surface area contributed by atoms with Crippen molar-refractivity contribution in [1.82, 2.24) is 19.8 Å². The molecule has 208 valence electrons. The molecule has 0 bridgehead atoms. The lowest BCUT2D eigenvalue weighted by molar-refractivity contribution is -0.132. The van der Waals surface area contributed by atoms with Crippen molar-refractivity contribution >= 4 is 39.8 Å². The normalized spacial score (nSPS) is 16.4. The van der Waals surface area contributed by atoms with Gasteiger partial charge in [0.05, 0.1) is 13.1 Å². The highest BCUT2D eigenvalue weighted by Gasteiger charge is 2.27. The molecule has 11 nitrogen and oxygen atoms in total. The smallest absolute Gasteiger partial charge is 0.346 e. The van der Waals surface area contributed by atoms with Crippen LogP contribution in [0, 0.1) is 17.2 Å². The number of nitriles is 1. The van der Waals surface area contributed by atoms with Crippen LogP contribution < -0.4 is 10.6 Å². The molecule has 2 unspecified atom stereocenters. The van der Waals surface area contributed by atoms with Crippen molar-refractivity contribution in [2.45, 2.75) is 25.8 Å². The maximum atomic E-state index is 12.3. The number of carboxylic acids is 1. The Balaban J connectivity index is 1.45. The molecule has 39 heavy (non-hydrogen) atoms. The second-order valence-electron chi connectivity index (χ2n) is 9.39. The highest BCUT2D eigenvalue weighted by molar-refractivity contribution is 7.76. The largest absolute Gasteiger partial charge is 0.477 e. The zero-order chi connectivity index (χ0) is 28.4. The topological polar surface area (TPSA) is 163 Å². The van der Waals surface area contributed by atoms with E-state index in [0.717, 1.165) is 32.0 Å². The fourth-order valence-electron chi connectivity index (χ4n) is 4.71. The van der Waals surface area contributed by atoms with Crippen LogP contribution in [0.3, 0.4) is 0 Å². The Morgan fingerprint density at radius 2 is 1.85 bits per heavy atom. The number of likely N-dealkylation sites (tertiary alicyclic amines) is 1. The van der Waals surface area contributed by atoms with Crippen LogP contribution >= 0.6 is 0 Å². The molecule has 1 heterocycles. The molecule has 0 aliphatic carbocycles. The van der Waals surface area contributed by atoms with Gasteiger partial charge in [-0.15, -0.1) is 0 Å². The van der Waals surface area contributed by atoms with Crippen molar-refractivity contribution in [3.05, 3.63) is 59.7 Å². The number of benzene rings is 2. The lowest BCUT2D eigenvalue weighted by Crippen LogP contribution is -2.45. The molecular weight excluding hydrogens is 522 g/mol. The number of hydrogen-bond donors (Lipinski definition) is 4. The van der Waals surface area contributed by atoms with E-state index in [-0.39, 0.29) is 31.6 Å². The van der Waals surface area contributed by atoms with Crippen LogP contribution in [0.15, 0.2) is 54.1 Å². The summed E-state index contributed by atoms with van der Waals surface area (Å²) in [5.74, 6) is -2.44. The highest BCUT2D eigenvalue weighted by Crippen LogP contribution is 2.31. The summed E-state index contributed by atoms with van der Waals surface area (Å²) in [4.78, 5) is 37.3. The fraction of sp³-hybridized carbons (Fsp3) is 0.407. The summed E-state index contributed by atoms with van der Waals surface area (Å²) in [7, 11) is 0. The van der Waals surface area contributed by atoms with Crippen LogP contribution in [0.1, 0.15) is 31.4 Å². The molecule has 2 aromatic rings. The summed E-state index contributed by atoms with van der Waals surface area (Å²) >= 11 is -2.35. The quantitative estimate of drug-likeness (QED) is 0.175. The third-order valence-electron chi connectivity index (χ3n) is 6.88. The number of piperidine rings is 1. The molecule has 0 radical (unpaired) electrons. The number of carbonyl (C=O) groups is 3. The molecule has 0 saturated carbocycles. The fourth-order valence-corrected chi connectivity index (χ4v) is 5.28. The van der Waals surface area contributed by atoms with Gasteiger partial charge in [0, 0.05) is 19.1 Å². The molecule has 2 amide bonds. The predicted octanol–water partition coefficient (Wildman–Crippen LogP) is 1.82. The number of nitrogens with one attached hydrogen (secondary N) is 2. The minimum atomic E-state index is -2.35. The summed E-state index contributed by atoms with van der Waals surface area (Å²) in [6.45, 7) is 3.21. The van der Waals surface area contributed by atoms with Crippen LogP contribution in [-0.4, -0.2) is 80.1 Å². The van der Waals surface area contributed by atoms with Gasteiger partial charge in [0.25, 0.3) is 0 Å². The van der Waals surface area contributed by atoms with Crippen LogP contribution in [0.4, 0.5) is 0 Å². The number of fused-ring (bicyclic) bond motifs is 1. The Hall–Kier alpha value is -3.63. The molecule has 3 rings (SSSR count). The van der Waals surface area contributed by atoms with Gasteiger partial charge < -0.3 is 15.7 Å². The Morgan fingerprint density at radius 3 is 2.51 bits per heavy atom. The van der Waals surface area contributed by atoms with E-state index in [1.54, 1.807) is 0 Å². The molecule has 1 aliphatic rings. The maximum absolute atomic E-state index is 12.3. The van der Waals surface area contributed by atoms with Crippen LogP contribution in [0.25, 0.3) is 10.8 Å². The van der Waals surface area contributed by atoms with E-state index in [9.17, 15) is 23.1 Å². The summed E-state index contributed by atoms with van der Waals surface area (Å²) in [5.41, 5.74) is 0.767. The molecule has 12 heteroatoms. The molecule has 1 fully saturated rings. The second kappa shape index (κ2) is 14.5. The van der Waals surface area contributed by atoms with Gasteiger partial charge in [0.2, 0.25) is 23.1 Å². The van der Waals surface area contributed by atoms with E-state index < -0.39 is 41.2 Å². The van der Waals surface area contributed by atoms with Crippen molar-refractivity contribution in [1.29, 1.82) is 5.26 Å². The average Bonchev–Trinajstić information content (AvgIpc) is 2.93. The first-order valence-electron chi connectivity index (χ1n) is 12.6. The molecular formula is C27H33N5O6S. The van der Waals surface area contributed by atoms with Crippen molar-refractivity contribution in [2.24, 2.45) is 5.92 Å². The molecule has 1 saturated heterocycles. The zero-order valence-corrected chi connectivity index (χ0v) is 22.5. The molecule has 1 aliphatic heterocycles.